The molecule has 2 atom stereocenters. The number of rotatable bonds is 4. The van der Waals surface area contributed by atoms with Gasteiger partial charge in [0.05, 0.1) is 16.6 Å². The molecular weight excluding hydrogens is 324 g/mol. The van der Waals surface area contributed by atoms with Crippen molar-refractivity contribution in [3.8, 4) is 0 Å². The number of pyridine rings is 1. The summed E-state index contributed by atoms with van der Waals surface area (Å²) in [5.74, 6) is 0. The molecule has 3 nitrogen and oxygen atoms in total. The molecule has 0 radical (unpaired) electrons. The molecule has 2 rings (SSSR count). The second-order valence-electron chi connectivity index (χ2n) is 4.31. The molecule has 0 amide bonds. The van der Waals surface area contributed by atoms with Crippen LogP contribution in [0.2, 0.25) is 0 Å². The van der Waals surface area contributed by atoms with E-state index in [0.29, 0.717) is 0 Å². The summed E-state index contributed by atoms with van der Waals surface area (Å²) in [6, 6.07) is 13.3. The molecule has 0 saturated heterocycles. The molecule has 0 aliphatic carbocycles. The maximum Gasteiger partial charge on any atom is 0.125 e. The Balaban J connectivity index is 2.08. The van der Waals surface area contributed by atoms with E-state index in [2.05, 4.69) is 25.6 Å². The SMILES string of the molecule is Cc1ccc(S(=O)N[C@H](C)c2cccc(Br)n2)cc1. The van der Waals surface area contributed by atoms with Crippen LogP contribution < -0.4 is 4.72 Å². The van der Waals surface area contributed by atoms with Crippen LogP contribution in [0.15, 0.2) is 52.0 Å². The monoisotopic (exact) mass is 338 g/mol. The smallest absolute Gasteiger partial charge is 0.125 e. The number of hydrogen-bond donors (Lipinski definition) is 1. The molecule has 0 fully saturated rings. The van der Waals surface area contributed by atoms with Crippen LogP contribution >= 0.6 is 15.9 Å². The molecular formula is C14H15BrN2OS. The number of aromatic nitrogens is 1. The average molecular weight is 339 g/mol. The van der Waals surface area contributed by atoms with E-state index in [1.165, 1.54) is 0 Å². The van der Waals surface area contributed by atoms with Crippen molar-refractivity contribution in [3.63, 3.8) is 0 Å². The molecule has 5 heteroatoms. The third kappa shape index (κ3) is 3.96. The summed E-state index contributed by atoms with van der Waals surface area (Å²) < 4.78 is 16.0. The van der Waals surface area contributed by atoms with Crippen molar-refractivity contribution >= 4 is 26.9 Å². The first-order valence-electron chi connectivity index (χ1n) is 5.93. The lowest BCUT2D eigenvalue weighted by Gasteiger charge is -2.13. The van der Waals surface area contributed by atoms with E-state index >= 15 is 0 Å². The molecule has 1 aromatic heterocycles. The predicted molar refractivity (Wildman–Crippen MR) is 81.1 cm³/mol. The van der Waals surface area contributed by atoms with Gasteiger partial charge in [0, 0.05) is 0 Å². The van der Waals surface area contributed by atoms with Crippen LogP contribution in [0.1, 0.15) is 24.2 Å². The first kappa shape index (κ1) is 14.4. The largest absolute Gasteiger partial charge is 0.244 e. The molecule has 1 aromatic carbocycles. The van der Waals surface area contributed by atoms with Crippen LogP contribution in [-0.2, 0) is 11.0 Å². The van der Waals surface area contributed by atoms with E-state index in [1.54, 1.807) is 0 Å². The van der Waals surface area contributed by atoms with E-state index in [-0.39, 0.29) is 6.04 Å². The third-order valence-electron chi connectivity index (χ3n) is 2.70. The number of nitrogens with one attached hydrogen (secondary N) is 1. The van der Waals surface area contributed by atoms with Crippen LogP contribution in [0.4, 0.5) is 0 Å². The average Bonchev–Trinajstić information content (AvgIpc) is 2.39. The molecule has 2 aromatic rings. The van der Waals surface area contributed by atoms with Gasteiger partial charge in [-0.15, -0.1) is 0 Å². The van der Waals surface area contributed by atoms with Gasteiger partial charge >= 0.3 is 0 Å². The summed E-state index contributed by atoms with van der Waals surface area (Å²) in [6.45, 7) is 3.95. The van der Waals surface area contributed by atoms with Crippen LogP contribution in [-0.4, -0.2) is 9.19 Å². The van der Waals surface area contributed by atoms with Crippen LogP contribution in [0.3, 0.4) is 0 Å². The second-order valence-corrected chi connectivity index (χ2v) is 6.36. The number of nitrogens with zero attached hydrogens (tertiary/aromatic N) is 1. The molecule has 19 heavy (non-hydrogen) atoms. The number of halogens is 1. The summed E-state index contributed by atoms with van der Waals surface area (Å²) in [4.78, 5) is 5.12. The Labute approximate surface area is 124 Å². The number of hydrogen-bond acceptors (Lipinski definition) is 2. The first-order chi connectivity index (χ1) is 9.06. The fraction of sp³-hybridized carbons (Fsp3) is 0.214. The summed E-state index contributed by atoms with van der Waals surface area (Å²) in [6.07, 6.45) is 0. The Morgan fingerprint density at radius 1 is 1.21 bits per heavy atom. The lowest BCUT2D eigenvalue weighted by Crippen LogP contribution is -2.22. The van der Waals surface area contributed by atoms with E-state index in [1.807, 2.05) is 56.3 Å². The van der Waals surface area contributed by atoms with Crippen molar-refractivity contribution in [2.45, 2.75) is 24.8 Å². The highest BCUT2D eigenvalue weighted by Crippen LogP contribution is 2.15. The van der Waals surface area contributed by atoms with E-state index in [4.69, 9.17) is 0 Å². The maximum atomic E-state index is 12.2. The van der Waals surface area contributed by atoms with Crippen molar-refractivity contribution in [3.05, 3.63) is 58.3 Å². The Kier molecular flexibility index (Phi) is 4.85. The quantitative estimate of drug-likeness (QED) is 0.866. The van der Waals surface area contributed by atoms with Gasteiger partial charge in [-0.3, -0.25) is 0 Å². The van der Waals surface area contributed by atoms with Crippen molar-refractivity contribution in [2.24, 2.45) is 0 Å². The standard InChI is InChI=1S/C14H15BrN2OS/c1-10-6-8-12(9-7-10)19(18)17-11(2)13-4-3-5-14(15)16-13/h3-9,11,17H,1-2H3/t11-,19?/m1/s1. The van der Waals surface area contributed by atoms with Crippen molar-refractivity contribution < 1.29 is 4.21 Å². The summed E-state index contributed by atoms with van der Waals surface area (Å²) in [5, 5.41) is 0. The zero-order valence-corrected chi connectivity index (χ0v) is 13.2. The maximum absolute atomic E-state index is 12.2. The zero-order chi connectivity index (χ0) is 13.8. The molecule has 0 bridgehead atoms. The van der Waals surface area contributed by atoms with E-state index in [9.17, 15) is 4.21 Å². The third-order valence-corrected chi connectivity index (χ3v) is 4.41. The Bertz CT molecular complexity index is 586. The fourth-order valence-electron chi connectivity index (χ4n) is 1.62. The van der Waals surface area contributed by atoms with Gasteiger partial charge in [0.1, 0.15) is 15.6 Å². The molecule has 0 aliphatic heterocycles. The lowest BCUT2D eigenvalue weighted by atomic mass is 10.2. The highest BCUT2D eigenvalue weighted by Gasteiger charge is 2.11. The number of aryl methyl sites for hydroxylation is 1. The normalized spacial score (nSPS) is 14.1. The van der Waals surface area contributed by atoms with Crippen molar-refractivity contribution in [2.75, 3.05) is 0 Å². The van der Waals surface area contributed by atoms with Gasteiger partial charge in [0.2, 0.25) is 0 Å². The van der Waals surface area contributed by atoms with Gasteiger partial charge in [-0.2, -0.15) is 0 Å². The van der Waals surface area contributed by atoms with Gasteiger partial charge in [-0.25, -0.2) is 13.9 Å². The molecule has 0 saturated carbocycles. The zero-order valence-electron chi connectivity index (χ0n) is 10.8. The van der Waals surface area contributed by atoms with Gasteiger partial charge in [-0.05, 0) is 54.0 Å². The predicted octanol–water partition coefficient (Wildman–Crippen LogP) is 3.53. The minimum absolute atomic E-state index is 0.0837. The molecule has 0 aliphatic rings. The van der Waals surface area contributed by atoms with Gasteiger partial charge in [0.25, 0.3) is 0 Å². The highest BCUT2D eigenvalue weighted by molar-refractivity contribution is 9.10. The van der Waals surface area contributed by atoms with Gasteiger partial charge in [0.15, 0.2) is 0 Å². The molecule has 1 heterocycles. The van der Waals surface area contributed by atoms with Gasteiger partial charge < -0.3 is 0 Å². The molecule has 100 valence electrons. The minimum atomic E-state index is -1.23. The first-order valence-corrected chi connectivity index (χ1v) is 7.87. The summed E-state index contributed by atoms with van der Waals surface area (Å²) in [5.41, 5.74) is 2.01. The second kappa shape index (κ2) is 6.41. The topological polar surface area (TPSA) is 42.0 Å². The molecule has 0 spiro atoms. The van der Waals surface area contributed by atoms with Crippen molar-refractivity contribution in [1.82, 2.24) is 9.71 Å². The van der Waals surface area contributed by atoms with Gasteiger partial charge in [-0.1, -0.05) is 23.8 Å². The number of benzene rings is 1. The van der Waals surface area contributed by atoms with E-state index < -0.39 is 11.0 Å². The van der Waals surface area contributed by atoms with Crippen LogP contribution in [0, 0.1) is 6.92 Å². The lowest BCUT2D eigenvalue weighted by molar-refractivity contribution is 0.644. The highest BCUT2D eigenvalue weighted by atomic mass is 79.9. The summed E-state index contributed by atoms with van der Waals surface area (Å²) in [7, 11) is -1.23. The Morgan fingerprint density at radius 2 is 1.89 bits per heavy atom. The summed E-state index contributed by atoms with van der Waals surface area (Å²) >= 11 is 3.33. The van der Waals surface area contributed by atoms with Crippen LogP contribution in [0.5, 0.6) is 0 Å². The van der Waals surface area contributed by atoms with E-state index in [0.717, 1.165) is 20.8 Å². The molecule has 1 N–H and O–H groups in total. The Morgan fingerprint density at radius 3 is 2.53 bits per heavy atom. The molecule has 1 unspecified atom stereocenters. The minimum Gasteiger partial charge on any atom is -0.244 e. The van der Waals surface area contributed by atoms with Crippen molar-refractivity contribution in [1.29, 1.82) is 0 Å². The Hall–Kier alpha value is -1.04. The van der Waals surface area contributed by atoms with Crippen LogP contribution in [0.25, 0.3) is 0 Å². The fourth-order valence-corrected chi connectivity index (χ4v) is 2.93.